The molecule has 0 aliphatic carbocycles. The molecule has 0 aromatic heterocycles. The first kappa shape index (κ1) is 21.9. The normalized spacial score (nSPS) is 12.6. The Hall–Kier alpha value is -2.38. The van der Waals surface area contributed by atoms with Crippen molar-refractivity contribution in [2.75, 3.05) is 14.2 Å². The Morgan fingerprint density at radius 2 is 1.71 bits per heavy atom. The van der Waals surface area contributed by atoms with Gasteiger partial charge in [-0.3, -0.25) is 4.79 Å². The molecule has 1 atom stereocenters. The zero-order valence-corrected chi connectivity index (χ0v) is 17.8. The number of methoxy groups -OCH3 is 1. The predicted octanol–water partition coefficient (Wildman–Crippen LogP) is 2.97. The summed E-state index contributed by atoms with van der Waals surface area (Å²) in [6.45, 7) is 6.04. The van der Waals surface area contributed by atoms with Gasteiger partial charge >= 0.3 is 0 Å². The maximum absolute atomic E-state index is 13.0. The average molecular weight is 405 g/mol. The summed E-state index contributed by atoms with van der Waals surface area (Å²) in [5.41, 5.74) is 2.11. The van der Waals surface area contributed by atoms with Crippen molar-refractivity contribution in [2.45, 2.75) is 38.3 Å². The van der Waals surface area contributed by atoms with Gasteiger partial charge in [0.15, 0.2) is 0 Å². The summed E-state index contributed by atoms with van der Waals surface area (Å²) in [6.07, 6.45) is 0. The molecule has 0 spiro atoms. The molecule has 0 aliphatic rings. The Labute approximate surface area is 167 Å². The summed E-state index contributed by atoms with van der Waals surface area (Å²) in [4.78, 5) is 14.6. The van der Waals surface area contributed by atoms with Crippen LogP contribution >= 0.6 is 0 Å². The molecule has 0 aliphatic heterocycles. The molecular weight excluding hydrogens is 376 g/mol. The first-order chi connectivity index (χ1) is 13.2. The highest BCUT2D eigenvalue weighted by Gasteiger charge is 2.30. The van der Waals surface area contributed by atoms with Crippen molar-refractivity contribution in [3.63, 3.8) is 0 Å². The number of hydrogen-bond acceptors (Lipinski definition) is 4. The van der Waals surface area contributed by atoms with E-state index in [4.69, 9.17) is 4.74 Å². The highest BCUT2D eigenvalue weighted by atomic mass is 32.2. The maximum Gasteiger partial charge on any atom is 0.241 e. The first-order valence-corrected chi connectivity index (χ1v) is 10.6. The molecular formula is C21H28N2O4S. The van der Waals surface area contributed by atoms with Crippen LogP contribution in [0.25, 0.3) is 0 Å². The average Bonchev–Trinajstić information content (AvgIpc) is 2.67. The summed E-state index contributed by atoms with van der Waals surface area (Å²) in [7, 11) is -0.642. The number of aryl methyl sites for hydroxylation is 1. The van der Waals surface area contributed by atoms with Crippen LogP contribution < -0.4 is 9.46 Å². The number of nitrogens with one attached hydrogen (secondary N) is 1. The fourth-order valence-corrected chi connectivity index (χ4v) is 4.16. The van der Waals surface area contributed by atoms with E-state index in [0.717, 1.165) is 11.1 Å². The van der Waals surface area contributed by atoms with E-state index < -0.39 is 16.1 Å². The molecule has 0 bridgehead atoms. The number of ether oxygens (including phenoxy) is 1. The van der Waals surface area contributed by atoms with E-state index in [9.17, 15) is 13.2 Å². The Morgan fingerprint density at radius 3 is 2.25 bits per heavy atom. The fourth-order valence-electron chi connectivity index (χ4n) is 2.82. The van der Waals surface area contributed by atoms with Crippen LogP contribution in [0.4, 0.5) is 0 Å². The van der Waals surface area contributed by atoms with Gasteiger partial charge in [-0.1, -0.05) is 38.1 Å². The molecule has 7 heteroatoms. The van der Waals surface area contributed by atoms with Crippen LogP contribution in [0.15, 0.2) is 53.4 Å². The second-order valence-corrected chi connectivity index (χ2v) is 8.85. The Balaban J connectivity index is 2.19. The fraction of sp³-hybridized carbons (Fsp3) is 0.381. The van der Waals surface area contributed by atoms with Crippen molar-refractivity contribution in [1.29, 1.82) is 0 Å². The Morgan fingerprint density at radius 1 is 1.11 bits per heavy atom. The zero-order chi connectivity index (χ0) is 20.9. The summed E-state index contributed by atoms with van der Waals surface area (Å²) in [6, 6.07) is 13.0. The number of sulfonamides is 1. The standard InChI is InChI=1S/C21H28N2O4S/c1-15(2)20(21(24)23(4)14-17-9-7-6-8-16(17)3)22-28(25,26)19-12-10-18(27-5)11-13-19/h6-13,15,20,22H,14H2,1-5H3. The summed E-state index contributed by atoms with van der Waals surface area (Å²) >= 11 is 0. The van der Waals surface area contributed by atoms with Crippen LogP contribution in [0.3, 0.4) is 0 Å². The molecule has 6 nitrogen and oxygen atoms in total. The van der Waals surface area contributed by atoms with Gasteiger partial charge in [0.2, 0.25) is 15.9 Å². The quantitative estimate of drug-likeness (QED) is 0.734. The molecule has 2 aromatic rings. The molecule has 1 unspecified atom stereocenters. The van der Waals surface area contributed by atoms with Crippen LogP contribution in [0, 0.1) is 12.8 Å². The largest absolute Gasteiger partial charge is 0.497 e. The molecule has 152 valence electrons. The molecule has 1 N–H and O–H groups in total. The van der Waals surface area contributed by atoms with E-state index in [0.29, 0.717) is 12.3 Å². The molecule has 0 radical (unpaired) electrons. The van der Waals surface area contributed by atoms with Crippen LogP contribution in [-0.2, 0) is 21.4 Å². The van der Waals surface area contributed by atoms with E-state index in [1.165, 1.54) is 19.2 Å². The van der Waals surface area contributed by atoms with E-state index in [1.807, 2.05) is 45.0 Å². The summed E-state index contributed by atoms with van der Waals surface area (Å²) in [5.74, 6) is 0.0867. The molecule has 2 aromatic carbocycles. The van der Waals surface area contributed by atoms with E-state index in [2.05, 4.69) is 4.72 Å². The number of carbonyl (C=O) groups is 1. The van der Waals surface area contributed by atoms with Crippen molar-refractivity contribution in [1.82, 2.24) is 9.62 Å². The smallest absolute Gasteiger partial charge is 0.241 e. The molecule has 0 saturated carbocycles. The lowest BCUT2D eigenvalue weighted by Gasteiger charge is -2.27. The number of likely N-dealkylation sites (N-methyl/N-ethyl adjacent to an activating group) is 1. The van der Waals surface area contributed by atoms with Gasteiger partial charge in [-0.05, 0) is 48.2 Å². The van der Waals surface area contributed by atoms with Crippen LogP contribution in [0.2, 0.25) is 0 Å². The van der Waals surface area contributed by atoms with Crippen LogP contribution in [0.5, 0.6) is 5.75 Å². The van der Waals surface area contributed by atoms with Gasteiger partial charge in [-0.2, -0.15) is 4.72 Å². The SMILES string of the molecule is COc1ccc(S(=O)(=O)NC(C(=O)N(C)Cc2ccccc2C)C(C)C)cc1. The second-order valence-electron chi connectivity index (χ2n) is 7.14. The van der Waals surface area contributed by atoms with Gasteiger partial charge in [-0.15, -0.1) is 0 Å². The first-order valence-electron chi connectivity index (χ1n) is 9.11. The van der Waals surface area contributed by atoms with Gasteiger partial charge in [0, 0.05) is 13.6 Å². The molecule has 0 heterocycles. The van der Waals surface area contributed by atoms with Crippen LogP contribution in [-0.4, -0.2) is 39.4 Å². The van der Waals surface area contributed by atoms with Gasteiger partial charge in [0.05, 0.1) is 12.0 Å². The minimum absolute atomic E-state index is 0.0910. The minimum Gasteiger partial charge on any atom is -0.497 e. The topological polar surface area (TPSA) is 75.7 Å². The van der Waals surface area contributed by atoms with Gasteiger partial charge < -0.3 is 9.64 Å². The third kappa shape index (κ3) is 5.33. The van der Waals surface area contributed by atoms with Crippen molar-refractivity contribution >= 4 is 15.9 Å². The second kappa shape index (κ2) is 9.21. The number of rotatable bonds is 8. The number of amides is 1. The predicted molar refractivity (Wildman–Crippen MR) is 110 cm³/mol. The summed E-state index contributed by atoms with van der Waals surface area (Å²) < 4.78 is 33.2. The van der Waals surface area contributed by atoms with E-state index in [-0.39, 0.29) is 16.7 Å². The number of hydrogen-bond donors (Lipinski definition) is 1. The molecule has 2 rings (SSSR count). The van der Waals surface area contributed by atoms with Crippen molar-refractivity contribution in [3.8, 4) is 5.75 Å². The molecule has 28 heavy (non-hydrogen) atoms. The third-order valence-electron chi connectivity index (χ3n) is 4.63. The molecule has 0 fully saturated rings. The Bertz CT molecular complexity index is 908. The maximum atomic E-state index is 13.0. The lowest BCUT2D eigenvalue weighted by molar-refractivity contribution is -0.133. The highest BCUT2D eigenvalue weighted by Crippen LogP contribution is 2.18. The summed E-state index contributed by atoms with van der Waals surface area (Å²) in [5, 5.41) is 0. The van der Waals surface area contributed by atoms with Crippen molar-refractivity contribution in [3.05, 3.63) is 59.7 Å². The van der Waals surface area contributed by atoms with Gasteiger partial charge in [-0.25, -0.2) is 8.42 Å². The highest BCUT2D eigenvalue weighted by molar-refractivity contribution is 7.89. The minimum atomic E-state index is -3.84. The molecule has 0 saturated heterocycles. The monoisotopic (exact) mass is 404 g/mol. The number of carbonyl (C=O) groups excluding carboxylic acids is 1. The zero-order valence-electron chi connectivity index (χ0n) is 17.0. The number of nitrogens with zero attached hydrogens (tertiary/aromatic N) is 1. The Kier molecular flexibility index (Phi) is 7.21. The van der Waals surface area contributed by atoms with Gasteiger partial charge in [0.1, 0.15) is 11.8 Å². The van der Waals surface area contributed by atoms with Crippen LogP contribution in [0.1, 0.15) is 25.0 Å². The van der Waals surface area contributed by atoms with Crippen molar-refractivity contribution in [2.24, 2.45) is 5.92 Å². The third-order valence-corrected chi connectivity index (χ3v) is 6.09. The van der Waals surface area contributed by atoms with Gasteiger partial charge in [0.25, 0.3) is 0 Å². The van der Waals surface area contributed by atoms with Crippen molar-refractivity contribution < 1.29 is 17.9 Å². The number of benzene rings is 2. The lowest BCUT2D eigenvalue weighted by atomic mass is 10.0. The lowest BCUT2D eigenvalue weighted by Crippen LogP contribution is -2.49. The van der Waals surface area contributed by atoms with E-state index in [1.54, 1.807) is 24.1 Å². The molecule has 1 amide bonds. The van der Waals surface area contributed by atoms with E-state index >= 15 is 0 Å².